The number of aromatic nitrogens is 1. The Morgan fingerprint density at radius 1 is 1.26 bits per heavy atom. The van der Waals surface area contributed by atoms with Crippen LogP contribution in [-0.2, 0) is 16.4 Å². The van der Waals surface area contributed by atoms with E-state index in [9.17, 15) is 18.0 Å². The molecule has 0 bridgehead atoms. The van der Waals surface area contributed by atoms with Gasteiger partial charge in [0.15, 0.2) is 5.78 Å². The Kier molecular flexibility index (Phi) is 5.10. The summed E-state index contributed by atoms with van der Waals surface area (Å²) < 4.78 is 25.2. The fourth-order valence-corrected chi connectivity index (χ4v) is 3.99. The summed E-state index contributed by atoms with van der Waals surface area (Å²) in [5.74, 6) is -0.208. The molecule has 0 aliphatic heterocycles. The van der Waals surface area contributed by atoms with Crippen molar-refractivity contribution in [1.29, 1.82) is 0 Å². The Morgan fingerprint density at radius 3 is 2.67 bits per heavy atom. The number of rotatable bonds is 5. The van der Waals surface area contributed by atoms with Crippen LogP contribution in [0.2, 0.25) is 0 Å². The summed E-state index contributed by atoms with van der Waals surface area (Å²) in [4.78, 5) is 28.0. The van der Waals surface area contributed by atoms with E-state index in [2.05, 4.69) is 15.0 Å². The minimum Gasteiger partial charge on any atom is -0.354 e. The number of hydrogen-bond donors (Lipinski definition) is 3. The summed E-state index contributed by atoms with van der Waals surface area (Å²) in [6.07, 6.45) is 3.17. The Bertz CT molecular complexity index is 1010. The molecule has 1 aromatic heterocycles. The fourth-order valence-electron chi connectivity index (χ4n) is 3.44. The van der Waals surface area contributed by atoms with Crippen LogP contribution in [0.25, 0.3) is 0 Å². The van der Waals surface area contributed by atoms with Crippen LogP contribution in [0, 0.1) is 6.92 Å². The Hall–Kier alpha value is -2.61. The molecule has 7 nitrogen and oxygen atoms in total. The lowest BCUT2D eigenvalue weighted by Gasteiger charge is -2.15. The minimum absolute atomic E-state index is 0.0802. The van der Waals surface area contributed by atoms with Crippen LogP contribution in [0.15, 0.2) is 24.3 Å². The van der Waals surface area contributed by atoms with Crippen molar-refractivity contribution in [2.45, 2.75) is 39.2 Å². The number of aryl methyl sites for hydroxylation is 1. The highest BCUT2D eigenvalue weighted by molar-refractivity contribution is 7.92. The number of amides is 1. The first-order valence-electron chi connectivity index (χ1n) is 8.79. The molecule has 0 saturated carbocycles. The third kappa shape index (κ3) is 4.21. The van der Waals surface area contributed by atoms with Crippen LogP contribution in [0.1, 0.15) is 63.5 Å². The van der Waals surface area contributed by atoms with Gasteiger partial charge in [0.2, 0.25) is 10.0 Å². The van der Waals surface area contributed by atoms with Gasteiger partial charge in [0.05, 0.1) is 12.3 Å². The predicted octanol–water partition coefficient (Wildman–Crippen LogP) is 2.70. The van der Waals surface area contributed by atoms with Gasteiger partial charge in [0.1, 0.15) is 5.69 Å². The molecule has 27 heavy (non-hydrogen) atoms. The molecule has 1 aromatic carbocycles. The molecule has 1 amide bonds. The van der Waals surface area contributed by atoms with Crippen molar-refractivity contribution >= 4 is 27.4 Å². The van der Waals surface area contributed by atoms with Gasteiger partial charge in [-0.05, 0) is 49.9 Å². The van der Waals surface area contributed by atoms with E-state index in [0.717, 1.165) is 30.4 Å². The normalized spacial score (nSPS) is 15.1. The fraction of sp³-hybridized carbons (Fsp3) is 0.368. The third-order valence-electron chi connectivity index (χ3n) is 4.70. The van der Waals surface area contributed by atoms with Gasteiger partial charge in [-0.25, -0.2) is 8.42 Å². The molecule has 1 unspecified atom stereocenters. The van der Waals surface area contributed by atoms with Crippen molar-refractivity contribution in [2.24, 2.45) is 0 Å². The monoisotopic (exact) mass is 389 g/mol. The molecule has 1 atom stereocenters. The lowest BCUT2D eigenvalue weighted by atomic mass is 9.94. The highest BCUT2D eigenvalue weighted by Gasteiger charge is 2.26. The quantitative estimate of drug-likeness (QED) is 0.730. The Morgan fingerprint density at radius 2 is 2.00 bits per heavy atom. The lowest BCUT2D eigenvalue weighted by Crippen LogP contribution is -2.27. The number of H-pyrrole nitrogens is 1. The molecule has 2 aromatic rings. The number of Topliss-reactive ketones (excluding diaryl/α,β-unsaturated/α-hetero) is 1. The van der Waals surface area contributed by atoms with Crippen LogP contribution in [-0.4, -0.2) is 31.3 Å². The number of carbonyl (C=O) groups is 2. The molecule has 144 valence electrons. The van der Waals surface area contributed by atoms with E-state index in [0.29, 0.717) is 28.9 Å². The SMILES string of the molecule is Cc1c(C(=O)NC(C)c2cccc(NS(C)(=O)=O)c2)[nH]c2c1C(=O)CCC2. The largest absolute Gasteiger partial charge is 0.354 e. The standard InChI is InChI=1S/C19H23N3O4S/c1-11-17-15(8-5-9-16(17)23)21-18(11)19(24)20-12(2)13-6-4-7-14(10-13)22-27(3,25)26/h4,6-7,10,12,21-22H,5,8-9H2,1-3H3,(H,20,24). The molecular formula is C19H23N3O4S. The molecule has 8 heteroatoms. The molecule has 0 fully saturated rings. The van der Waals surface area contributed by atoms with E-state index in [4.69, 9.17) is 0 Å². The maximum Gasteiger partial charge on any atom is 0.268 e. The zero-order chi connectivity index (χ0) is 19.8. The van der Waals surface area contributed by atoms with E-state index in [1.807, 2.05) is 13.0 Å². The van der Waals surface area contributed by atoms with Crippen LogP contribution in [0.3, 0.4) is 0 Å². The summed E-state index contributed by atoms with van der Waals surface area (Å²) in [6.45, 7) is 3.61. The van der Waals surface area contributed by atoms with Crippen molar-refractivity contribution in [3.05, 3.63) is 52.3 Å². The zero-order valence-corrected chi connectivity index (χ0v) is 16.4. The molecule has 3 N–H and O–H groups in total. The van der Waals surface area contributed by atoms with Gasteiger partial charge in [0, 0.05) is 23.4 Å². The van der Waals surface area contributed by atoms with Gasteiger partial charge in [-0.3, -0.25) is 14.3 Å². The van der Waals surface area contributed by atoms with Crippen molar-refractivity contribution in [3.63, 3.8) is 0 Å². The smallest absolute Gasteiger partial charge is 0.268 e. The molecule has 3 rings (SSSR count). The molecule has 0 radical (unpaired) electrons. The van der Waals surface area contributed by atoms with Gasteiger partial charge in [-0.15, -0.1) is 0 Å². The topological polar surface area (TPSA) is 108 Å². The molecule has 0 saturated heterocycles. The van der Waals surface area contributed by atoms with Crippen molar-refractivity contribution in [3.8, 4) is 0 Å². The van der Waals surface area contributed by atoms with Crippen molar-refractivity contribution in [1.82, 2.24) is 10.3 Å². The first-order valence-corrected chi connectivity index (χ1v) is 10.7. The highest BCUT2D eigenvalue weighted by Crippen LogP contribution is 2.27. The second kappa shape index (κ2) is 7.19. The summed E-state index contributed by atoms with van der Waals surface area (Å²) >= 11 is 0. The average Bonchev–Trinajstić information content (AvgIpc) is 2.92. The number of aromatic amines is 1. The minimum atomic E-state index is -3.37. The summed E-state index contributed by atoms with van der Waals surface area (Å²) in [7, 11) is -3.37. The van der Waals surface area contributed by atoms with Crippen molar-refractivity contribution in [2.75, 3.05) is 11.0 Å². The van der Waals surface area contributed by atoms with E-state index in [-0.39, 0.29) is 17.7 Å². The average molecular weight is 389 g/mol. The molecular weight excluding hydrogens is 366 g/mol. The lowest BCUT2D eigenvalue weighted by molar-refractivity contribution is 0.0934. The number of anilines is 1. The van der Waals surface area contributed by atoms with Gasteiger partial charge >= 0.3 is 0 Å². The van der Waals surface area contributed by atoms with E-state index >= 15 is 0 Å². The summed E-state index contributed by atoms with van der Waals surface area (Å²) in [6, 6.07) is 6.53. The Balaban J connectivity index is 1.79. The van der Waals surface area contributed by atoms with E-state index in [1.54, 1.807) is 25.1 Å². The Labute approximate surface area is 158 Å². The number of nitrogens with one attached hydrogen (secondary N) is 3. The summed E-state index contributed by atoms with van der Waals surface area (Å²) in [5, 5.41) is 2.91. The highest BCUT2D eigenvalue weighted by atomic mass is 32.2. The van der Waals surface area contributed by atoms with E-state index in [1.165, 1.54) is 0 Å². The van der Waals surface area contributed by atoms with Gasteiger partial charge in [-0.2, -0.15) is 0 Å². The number of fused-ring (bicyclic) bond motifs is 1. The molecule has 0 spiro atoms. The second-order valence-electron chi connectivity index (χ2n) is 6.95. The van der Waals surface area contributed by atoms with Crippen LogP contribution >= 0.6 is 0 Å². The van der Waals surface area contributed by atoms with Gasteiger partial charge < -0.3 is 10.3 Å². The third-order valence-corrected chi connectivity index (χ3v) is 5.31. The first kappa shape index (κ1) is 19.2. The molecule has 1 aliphatic rings. The predicted molar refractivity (Wildman–Crippen MR) is 104 cm³/mol. The zero-order valence-electron chi connectivity index (χ0n) is 15.5. The molecule has 1 heterocycles. The van der Waals surface area contributed by atoms with Gasteiger partial charge in [0.25, 0.3) is 5.91 Å². The maximum absolute atomic E-state index is 12.7. The number of benzene rings is 1. The number of carbonyl (C=O) groups excluding carboxylic acids is 2. The van der Waals surface area contributed by atoms with Gasteiger partial charge in [-0.1, -0.05) is 12.1 Å². The van der Waals surface area contributed by atoms with Crippen molar-refractivity contribution < 1.29 is 18.0 Å². The van der Waals surface area contributed by atoms with Crippen LogP contribution in [0.5, 0.6) is 0 Å². The first-order chi connectivity index (χ1) is 12.7. The van der Waals surface area contributed by atoms with E-state index < -0.39 is 10.0 Å². The number of hydrogen-bond acceptors (Lipinski definition) is 4. The molecule has 1 aliphatic carbocycles. The number of sulfonamides is 1. The maximum atomic E-state index is 12.7. The summed E-state index contributed by atoms with van der Waals surface area (Å²) in [5.41, 5.74) is 3.79. The number of ketones is 1. The van der Waals surface area contributed by atoms with Crippen LogP contribution < -0.4 is 10.0 Å². The van der Waals surface area contributed by atoms with Crippen LogP contribution in [0.4, 0.5) is 5.69 Å². The second-order valence-corrected chi connectivity index (χ2v) is 8.70.